The molecule has 6 nitrogen and oxygen atoms in total. The Bertz CT molecular complexity index is 860. The van der Waals surface area contributed by atoms with Crippen LogP contribution in [0.4, 0.5) is 5.69 Å². The molecule has 0 unspecified atom stereocenters. The van der Waals surface area contributed by atoms with Crippen LogP contribution in [0.1, 0.15) is 45.5 Å². The van der Waals surface area contributed by atoms with Gasteiger partial charge in [-0.3, -0.25) is 9.59 Å². The van der Waals surface area contributed by atoms with Crippen LogP contribution < -0.4 is 10.6 Å². The molecule has 3 rings (SSSR count). The first kappa shape index (κ1) is 17.7. The number of amides is 2. The highest BCUT2D eigenvalue weighted by Gasteiger charge is 2.36. The van der Waals surface area contributed by atoms with Gasteiger partial charge in [0.05, 0.1) is 18.6 Å². The summed E-state index contributed by atoms with van der Waals surface area (Å²) in [6.07, 6.45) is 0.471. The van der Waals surface area contributed by atoms with Gasteiger partial charge in [-0.05, 0) is 49.2 Å². The van der Waals surface area contributed by atoms with Gasteiger partial charge in [-0.2, -0.15) is 0 Å². The first-order valence-electron chi connectivity index (χ1n) is 8.34. The normalized spacial score (nSPS) is 18.8. The summed E-state index contributed by atoms with van der Waals surface area (Å²) in [5.74, 6) is -1.44. The molecule has 1 aliphatic rings. The minimum atomic E-state index is -0.454. The summed E-state index contributed by atoms with van der Waals surface area (Å²) in [7, 11) is 1.31. The number of benzene rings is 2. The van der Waals surface area contributed by atoms with Crippen molar-refractivity contribution in [2.75, 3.05) is 12.0 Å². The second kappa shape index (κ2) is 7.00. The van der Waals surface area contributed by atoms with E-state index in [2.05, 4.69) is 4.74 Å². The molecule has 1 aliphatic heterocycles. The number of primary amides is 1. The minimum Gasteiger partial charge on any atom is -0.465 e. The molecule has 0 aliphatic carbocycles. The number of anilines is 1. The molecule has 6 heteroatoms. The third kappa shape index (κ3) is 3.06. The van der Waals surface area contributed by atoms with Gasteiger partial charge in [-0.1, -0.05) is 18.2 Å². The van der Waals surface area contributed by atoms with Gasteiger partial charge in [-0.15, -0.1) is 0 Å². The Morgan fingerprint density at radius 2 is 1.65 bits per heavy atom. The summed E-state index contributed by atoms with van der Waals surface area (Å²) in [5, 5.41) is 0. The van der Waals surface area contributed by atoms with Gasteiger partial charge < -0.3 is 15.4 Å². The van der Waals surface area contributed by atoms with E-state index in [0.29, 0.717) is 23.2 Å². The van der Waals surface area contributed by atoms with E-state index in [0.717, 1.165) is 5.56 Å². The van der Waals surface area contributed by atoms with Crippen molar-refractivity contribution in [2.24, 2.45) is 5.73 Å². The number of rotatable bonds is 3. The van der Waals surface area contributed by atoms with Gasteiger partial charge in [0.25, 0.3) is 5.91 Å². The van der Waals surface area contributed by atoms with Crippen molar-refractivity contribution in [3.8, 4) is 0 Å². The number of nitrogens with two attached hydrogens (primary N) is 1. The highest BCUT2D eigenvalue weighted by molar-refractivity contribution is 6.08. The lowest BCUT2D eigenvalue weighted by atomic mass is 9.85. The van der Waals surface area contributed by atoms with E-state index in [-0.39, 0.29) is 17.9 Å². The zero-order valence-corrected chi connectivity index (χ0v) is 14.6. The third-order valence-electron chi connectivity index (χ3n) is 4.70. The van der Waals surface area contributed by atoms with E-state index in [4.69, 9.17) is 5.73 Å². The van der Waals surface area contributed by atoms with Gasteiger partial charge in [0.15, 0.2) is 0 Å². The Labute approximate surface area is 151 Å². The lowest BCUT2D eigenvalue weighted by Gasteiger charge is -2.38. The van der Waals surface area contributed by atoms with Crippen LogP contribution >= 0.6 is 0 Å². The number of hydrogen-bond donors (Lipinski definition) is 1. The minimum absolute atomic E-state index is 0.185. The molecule has 2 atom stereocenters. The van der Waals surface area contributed by atoms with Gasteiger partial charge in [-0.25, -0.2) is 4.79 Å². The predicted molar refractivity (Wildman–Crippen MR) is 97.0 cm³/mol. The molecule has 0 saturated carbocycles. The first-order chi connectivity index (χ1) is 12.4. The van der Waals surface area contributed by atoms with Gasteiger partial charge >= 0.3 is 5.97 Å². The van der Waals surface area contributed by atoms with Crippen molar-refractivity contribution in [3.63, 3.8) is 0 Å². The van der Waals surface area contributed by atoms with Crippen LogP contribution in [0.15, 0.2) is 48.5 Å². The maximum atomic E-state index is 13.1. The number of hydrogen-bond acceptors (Lipinski definition) is 4. The molecular weight excluding hydrogens is 332 g/mol. The Balaban J connectivity index is 1.97. The Hall–Kier alpha value is -3.15. The highest BCUT2D eigenvalue weighted by Crippen LogP contribution is 2.38. The molecule has 1 heterocycles. The SMILES string of the molecule is COC(=O)c1ccc(C(=O)N2c3ccccc3[C@H](C(N)=O)C[C@H]2C)cc1. The fraction of sp³-hybridized carbons (Fsp3) is 0.250. The first-order valence-corrected chi connectivity index (χ1v) is 8.34. The summed E-state index contributed by atoms with van der Waals surface area (Å²) in [5.41, 5.74) is 7.84. The van der Waals surface area contributed by atoms with Crippen LogP contribution in [0.2, 0.25) is 0 Å². The lowest BCUT2D eigenvalue weighted by Crippen LogP contribution is -2.45. The highest BCUT2D eigenvalue weighted by atomic mass is 16.5. The molecule has 2 amide bonds. The van der Waals surface area contributed by atoms with E-state index in [1.54, 1.807) is 29.2 Å². The fourth-order valence-corrected chi connectivity index (χ4v) is 3.40. The Morgan fingerprint density at radius 1 is 1.04 bits per heavy atom. The second-order valence-corrected chi connectivity index (χ2v) is 6.34. The Kier molecular flexibility index (Phi) is 4.75. The third-order valence-corrected chi connectivity index (χ3v) is 4.70. The lowest BCUT2D eigenvalue weighted by molar-refractivity contribution is -0.119. The summed E-state index contributed by atoms with van der Waals surface area (Å²) >= 11 is 0. The summed E-state index contributed by atoms with van der Waals surface area (Å²) in [4.78, 5) is 38.1. The van der Waals surface area contributed by atoms with Crippen molar-refractivity contribution < 1.29 is 19.1 Å². The van der Waals surface area contributed by atoms with Gasteiger partial charge in [0.1, 0.15) is 0 Å². The molecule has 0 bridgehead atoms. The number of para-hydroxylation sites is 1. The van der Waals surface area contributed by atoms with E-state index < -0.39 is 11.9 Å². The zero-order valence-electron chi connectivity index (χ0n) is 14.6. The molecule has 0 spiro atoms. The molecule has 134 valence electrons. The largest absolute Gasteiger partial charge is 0.465 e. The summed E-state index contributed by atoms with van der Waals surface area (Å²) in [6.45, 7) is 1.90. The average Bonchev–Trinajstić information content (AvgIpc) is 2.66. The summed E-state index contributed by atoms with van der Waals surface area (Å²) < 4.78 is 4.67. The molecule has 2 aromatic carbocycles. The van der Waals surface area contributed by atoms with E-state index in [1.165, 1.54) is 7.11 Å². The molecule has 26 heavy (non-hydrogen) atoms. The zero-order chi connectivity index (χ0) is 18.8. The number of nitrogens with zero attached hydrogens (tertiary/aromatic N) is 1. The average molecular weight is 352 g/mol. The number of esters is 1. The van der Waals surface area contributed by atoms with E-state index in [1.807, 2.05) is 31.2 Å². The smallest absolute Gasteiger partial charge is 0.337 e. The number of carbonyl (C=O) groups is 3. The topological polar surface area (TPSA) is 89.7 Å². The molecule has 2 N–H and O–H groups in total. The maximum absolute atomic E-state index is 13.1. The van der Waals surface area contributed by atoms with Gasteiger partial charge in [0.2, 0.25) is 5.91 Å². The van der Waals surface area contributed by atoms with Crippen LogP contribution in [0.3, 0.4) is 0 Å². The van der Waals surface area contributed by atoms with Crippen LogP contribution in [-0.4, -0.2) is 30.9 Å². The predicted octanol–water partition coefficient (Wildman–Crippen LogP) is 2.48. The van der Waals surface area contributed by atoms with Crippen molar-refractivity contribution in [1.82, 2.24) is 0 Å². The number of ether oxygens (including phenoxy) is 1. The molecule has 0 saturated heterocycles. The maximum Gasteiger partial charge on any atom is 0.337 e. The number of methoxy groups -OCH3 is 1. The van der Waals surface area contributed by atoms with Crippen LogP contribution in [0.5, 0.6) is 0 Å². The van der Waals surface area contributed by atoms with Crippen molar-refractivity contribution in [1.29, 1.82) is 0 Å². The van der Waals surface area contributed by atoms with Crippen LogP contribution in [0, 0.1) is 0 Å². The molecule has 0 aromatic heterocycles. The van der Waals surface area contributed by atoms with Crippen LogP contribution in [0.25, 0.3) is 0 Å². The Morgan fingerprint density at radius 3 is 2.27 bits per heavy atom. The molecule has 0 radical (unpaired) electrons. The van der Waals surface area contributed by atoms with Crippen molar-refractivity contribution in [3.05, 3.63) is 65.2 Å². The summed E-state index contributed by atoms with van der Waals surface area (Å²) in [6, 6.07) is 13.5. The quantitative estimate of drug-likeness (QED) is 0.860. The van der Waals surface area contributed by atoms with Gasteiger partial charge in [0, 0.05) is 17.3 Å². The van der Waals surface area contributed by atoms with E-state index in [9.17, 15) is 14.4 Å². The molecule has 0 fully saturated rings. The van der Waals surface area contributed by atoms with Crippen molar-refractivity contribution >= 4 is 23.5 Å². The van der Waals surface area contributed by atoms with E-state index >= 15 is 0 Å². The number of fused-ring (bicyclic) bond motifs is 1. The molecular formula is C20H20N2O4. The van der Waals surface area contributed by atoms with Crippen molar-refractivity contribution in [2.45, 2.75) is 25.3 Å². The second-order valence-electron chi connectivity index (χ2n) is 6.34. The number of carbonyl (C=O) groups excluding carboxylic acids is 3. The van der Waals surface area contributed by atoms with Crippen LogP contribution in [-0.2, 0) is 9.53 Å². The monoisotopic (exact) mass is 352 g/mol. The standard InChI is InChI=1S/C20H20N2O4/c1-12-11-16(18(21)23)15-5-3-4-6-17(15)22(12)19(24)13-7-9-14(10-8-13)20(25)26-2/h3-10,12,16H,11H2,1-2H3,(H2,21,23)/t12-,16-/m1/s1. The fourth-order valence-electron chi connectivity index (χ4n) is 3.40. The molecule has 2 aromatic rings.